The van der Waals surface area contributed by atoms with Crippen molar-refractivity contribution in [3.8, 4) is 5.75 Å². The van der Waals surface area contributed by atoms with Gasteiger partial charge in [0.15, 0.2) is 5.69 Å². The fourth-order valence-electron chi connectivity index (χ4n) is 4.63. The smallest absolute Gasteiger partial charge is 0.418 e. The third kappa shape index (κ3) is 5.98. The van der Waals surface area contributed by atoms with Crippen LogP contribution < -0.4 is 21.7 Å². The number of halogens is 3. The van der Waals surface area contributed by atoms with Crippen molar-refractivity contribution < 1.29 is 32.7 Å². The van der Waals surface area contributed by atoms with Gasteiger partial charge in [-0.3, -0.25) is 19.3 Å². The fraction of sp³-hybridized carbons (Fsp3) is 0.308. The Morgan fingerprint density at radius 3 is 2.28 bits per heavy atom. The maximum absolute atomic E-state index is 14.2. The van der Waals surface area contributed by atoms with Crippen molar-refractivity contribution >= 4 is 40.6 Å². The van der Waals surface area contributed by atoms with Crippen molar-refractivity contribution in [3.05, 3.63) is 70.2 Å². The van der Waals surface area contributed by atoms with Gasteiger partial charge in [0.05, 0.1) is 16.9 Å². The Bertz CT molecular complexity index is 1370. The lowest BCUT2D eigenvalue weighted by molar-refractivity contribution is -0.137. The molecule has 0 radical (unpaired) electrons. The molecular weight excluding hydrogens is 535 g/mol. The van der Waals surface area contributed by atoms with Crippen LogP contribution in [0.1, 0.15) is 69.4 Å². The van der Waals surface area contributed by atoms with Gasteiger partial charge in [0.25, 0.3) is 11.8 Å². The minimum Gasteiger partial charge on any atom is -0.508 e. The van der Waals surface area contributed by atoms with E-state index in [0.29, 0.717) is 29.3 Å². The molecule has 1 fully saturated rings. The highest BCUT2D eigenvalue weighted by atomic mass is 32.1. The lowest BCUT2D eigenvalue weighted by Gasteiger charge is -2.34. The van der Waals surface area contributed by atoms with Gasteiger partial charge in [-0.25, -0.2) is 0 Å². The van der Waals surface area contributed by atoms with E-state index in [1.807, 2.05) is 0 Å². The number of nitrogens with two attached hydrogens (primary N) is 2. The van der Waals surface area contributed by atoms with Crippen LogP contribution in [0.5, 0.6) is 5.75 Å². The summed E-state index contributed by atoms with van der Waals surface area (Å²) in [6.45, 7) is 0. The third-order valence-electron chi connectivity index (χ3n) is 6.51. The van der Waals surface area contributed by atoms with E-state index in [9.17, 15) is 32.7 Å². The average Bonchev–Trinajstić information content (AvgIpc) is 3.29. The number of carbonyl (C=O) groups is 3. The highest BCUT2D eigenvalue weighted by Crippen LogP contribution is 2.41. The molecule has 39 heavy (non-hydrogen) atoms. The molecule has 1 heterocycles. The van der Waals surface area contributed by atoms with Gasteiger partial charge in [0.1, 0.15) is 16.7 Å². The molecule has 2 aromatic carbocycles. The number of nitrogens with zero attached hydrogens (tertiary/aromatic N) is 2. The molecule has 1 aromatic heterocycles. The first-order chi connectivity index (χ1) is 18.5. The van der Waals surface area contributed by atoms with E-state index >= 15 is 0 Å². The van der Waals surface area contributed by atoms with Crippen LogP contribution in [0.3, 0.4) is 0 Å². The Hall–Kier alpha value is -4.13. The van der Waals surface area contributed by atoms with Crippen LogP contribution in [0.4, 0.5) is 24.5 Å². The summed E-state index contributed by atoms with van der Waals surface area (Å²) >= 11 is 0.491. The molecule has 206 valence electrons. The first kappa shape index (κ1) is 27.9. The van der Waals surface area contributed by atoms with Gasteiger partial charge < -0.3 is 21.9 Å². The number of nitrogens with one attached hydrogen (secondary N) is 1. The van der Waals surface area contributed by atoms with Crippen molar-refractivity contribution in [2.75, 3.05) is 10.6 Å². The second-order valence-electron chi connectivity index (χ2n) is 9.17. The van der Waals surface area contributed by atoms with E-state index in [1.54, 1.807) is 0 Å². The molecular formula is C26H26F3N5O4S. The van der Waals surface area contributed by atoms with Crippen molar-refractivity contribution in [1.82, 2.24) is 9.69 Å². The Morgan fingerprint density at radius 1 is 1.05 bits per heavy atom. The minimum atomic E-state index is -4.88. The molecule has 0 spiro atoms. The number of phenolic OH excluding ortho intramolecular Hbond substituents is 1. The summed E-state index contributed by atoms with van der Waals surface area (Å²) in [7, 11) is 0. The summed E-state index contributed by atoms with van der Waals surface area (Å²) in [5, 5.41) is 12.7. The standard InChI is InChI=1S/C26H26F3N5O4S/c27-26(28,29)17-8-4-5-9-18(17)34(25(38)22-19(30)20(23(31)36)33-39-22)21(14-10-12-16(35)13-11-14)24(37)32-15-6-2-1-3-7-15/h4-5,8-13,15,21,35H,1-3,6-7,30H2,(H2,31,36)(H,32,37). The SMILES string of the molecule is NC(=O)c1nsc(C(=O)N(c2ccccc2C(F)(F)F)C(C(=O)NC2CCCCC2)c2ccc(O)cc2)c1N. The zero-order valence-electron chi connectivity index (χ0n) is 20.6. The van der Waals surface area contributed by atoms with Crippen molar-refractivity contribution in [3.63, 3.8) is 0 Å². The van der Waals surface area contributed by atoms with E-state index in [4.69, 9.17) is 11.5 Å². The number of amides is 3. The molecule has 1 atom stereocenters. The number of para-hydroxylation sites is 1. The molecule has 1 aliphatic rings. The van der Waals surface area contributed by atoms with Gasteiger partial charge in [0.2, 0.25) is 5.91 Å². The number of anilines is 2. The highest BCUT2D eigenvalue weighted by Gasteiger charge is 2.42. The maximum atomic E-state index is 14.2. The van der Waals surface area contributed by atoms with Gasteiger partial charge in [-0.1, -0.05) is 43.5 Å². The number of alkyl halides is 3. The van der Waals surface area contributed by atoms with E-state index in [2.05, 4.69) is 9.69 Å². The van der Waals surface area contributed by atoms with Crippen LogP contribution in [-0.4, -0.2) is 33.2 Å². The average molecular weight is 562 g/mol. The normalized spacial score (nSPS) is 14.9. The van der Waals surface area contributed by atoms with Crippen LogP contribution in [0.2, 0.25) is 0 Å². The molecule has 6 N–H and O–H groups in total. The largest absolute Gasteiger partial charge is 0.508 e. The van der Waals surface area contributed by atoms with Crippen LogP contribution in [-0.2, 0) is 11.0 Å². The molecule has 4 rings (SSSR count). The predicted molar refractivity (Wildman–Crippen MR) is 139 cm³/mol. The molecule has 0 bridgehead atoms. The van der Waals surface area contributed by atoms with Gasteiger partial charge in [-0.2, -0.15) is 17.5 Å². The third-order valence-corrected chi connectivity index (χ3v) is 7.36. The van der Waals surface area contributed by atoms with Crippen LogP contribution in [0.25, 0.3) is 0 Å². The summed E-state index contributed by atoms with van der Waals surface area (Å²) in [5.41, 5.74) is 8.83. The van der Waals surface area contributed by atoms with Gasteiger partial charge >= 0.3 is 6.18 Å². The zero-order valence-corrected chi connectivity index (χ0v) is 21.4. The van der Waals surface area contributed by atoms with Crippen LogP contribution in [0.15, 0.2) is 48.5 Å². The Kier molecular flexibility index (Phi) is 8.09. The van der Waals surface area contributed by atoms with Crippen LogP contribution in [0, 0.1) is 0 Å². The highest BCUT2D eigenvalue weighted by molar-refractivity contribution is 7.09. The first-order valence-electron chi connectivity index (χ1n) is 12.1. The monoisotopic (exact) mass is 561 g/mol. The van der Waals surface area contributed by atoms with E-state index in [0.717, 1.165) is 31.4 Å². The maximum Gasteiger partial charge on any atom is 0.418 e. The molecule has 0 aliphatic heterocycles. The van der Waals surface area contributed by atoms with Crippen molar-refractivity contribution in [2.24, 2.45) is 5.73 Å². The number of rotatable bonds is 7. The zero-order chi connectivity index (χ0) is 28.3. The van der Waals surface area contributed by atoms with Crippen molar-refractivity contribution in [2.45, 2.75) is 50.4 Å². The number of aromatic hydroxyl groups is 1. The predicted octanol–water partition coefficient (Wildman–Crippen LogP) is 4.39. The summed E-state index contributed by atoms with van der Waals surface area (Å²) in [4.78, 5) is 40.0. The summed E-state index contributed by atoms with van der Waals surface area (Å²) < 4.78 is 46.4. The van der Waals surface area contributed by atoms with Crippen molar-refractivity contribution in [1.29, 1.82) is 0 Å². The fourth-order valence-corrected chi connectivity index (χ4v) is 5.37. The van der Waals surface area contributed by atoms with Gasteiger partial charge in [0, 0.05) is 6.04 Å². The van der Waals surface area contributed by atoms with E-state index in [1.165, 1.54) is 36.4 Å². The second-order valence-corrected chi connectivity index (χ2v) is 9.94. The van der Waals surface area contributed by atoms with Gasteiger partial charge in [-0.15, -0.1) is 0 Å². The number of primary amides is 1. The first-order valence-corrected chi connectivity index (χ1v) is 12.9. The number of carbonyl (C=O) groups excluding carboxylic acids is 3. The number of benzene rings is 2. The Balaban J connectivity index is 1.92. The van der Waals surface area contributed by atoms with Gasteiger partial charge in [-0.05, 0) is 54.2 Å². The molecule has 9 nitrogen and oxygen atoms in total. The summed E-state index contributed by atoms with van der Waals surface area (Å²) in [6, 6.07) is 7.76. The lowest BCUT2D eigenvalue weighted by atomic mass is 9.94. The molecule has 1 saturated carbocycles. The second kappa shape index (κ2) is 11.3. The summed E-state index contributed by atoms with van der Waals surface area (Å²) in [5.74, 6) is -2.95. The minimum absolute atomic E-state index is 0.142. The number of hydrogen-bond acceptors (Lipinski definition) is 7. The lowest BCUT2D eigenvalue weighted by Crippen LogP contribution is -2.47. The molecule has 1 aliphatic carbocycles. The topological polar surface area (TPSA) is 152 Å². The molecule has 3 amide bonds. The molecule has 0 saturated heterocycles. The van der Waals surface area contributed by atoms with Crippen LogP contribution >= 0.6 is 11.5 Å². The van der Waals surface area contributed by atoms with E-state index < -0.39 is 52.6 Å². The number of hydrogen-bond donors (Lipinski definition) is 4. The molecule has 13 heteroatoms. The number of nitrogen functional groups attached to an aromatic ring is 1. The quantitative estimate of drug-likeness (QED) is 0.336. The molecule has 1 unspecified atom stereocenters. The Labute approximate surface area is 225 Å². The molecule has 3 aromatic rings. The summed E-state index contributed by atoms with van der Waals surface area (Å²) in [6.07, 6.45) is -0.755. The number of phenols is 1. The van der Waals surface area contributed by atoms with E-state index in [-0.39, 0.29) is 22.2 Å². The Morgan fingerprint density at radius 2 is 1.69 bits per heavy atom. The number of aromatic nitrogens is 1.